The Balaban J connectivity index is 1.58. The number of ether oxygens (including phenoxy) is 1. The number of methoxy groups -OCH3 is 1. The summed E-state index contributed by atoms with van der Waals surface area (Å²) >= 11 is 1.52. The first-order valence-corrected chi connectivity index (χ1v) is 11.9. The first-order chi connectivity index (χ1) is 16.6. The molecule has 7 nitrogen and oxygen atoms in total. The fourth-order valence-electron chi connectivity index (χ4n) is 3.89. The predicted octanol–water partition coefficient (Wildman–Crippen LogP) is 4.67. The molecule has 0 saturated heterocycles. The Bertz CT molecular complexity index is 1550. The average Bonchev–Trinajstić information content (AvgIpc) is 3.31. The number of carbonyl (C=O) groups is 1. The first kappa shape index (κ1) is 21.9. The molecule has 8 heteroatoms. The van der Waals surface area contributed by atoms with E-state index in [4.69, 9.17) is 4.74 Å². The van der Waals surface area contributed by atoms with Gasteiger partial charge in [-0.05, 0) is 53.9 Å². The van der Waals surface area contributed by atoms with E-state index in [1.165, 1.54) is 24.4 Å². The van der Waals surface area contributed by atoms with Crippen LogP contribution in [0.4, 0.5) is 0 Å². The van der Waals surface area contributed by atoms with Crippen LogP contribution in [-0.2, 0) is 16.9 Å². The SMILES string of the molecule is CCc1ccc(-n2c(=O)c3ccccc3n3c(SCc4ccc(C(=O)OC)cc4)nnc23)cc1. The van der Waals surface area contributed by atoms with E-state index in [1.807, 2.05) is 65.1 Å². The summed E-state index contributed by atoms with van der Waals surface area (Å²) in [6.07, 6.45) is 0.925. The summed E-state index contributed by atoms with van der Waals surface area (Å²) in [6.45, 7) is 2.10. The standard InChI is InChI=1S/C26H22N4O3S/c1-3-17-10-14-20(15-11-17)29-23(31)21-6-4-5-7-22(21)30-25(29)27-28-26(30)34-16-18-8-12-19(13-9-18)24(32)33-2/h4-15H,3,16H2,1-2H3. The van der Waals surface area contributed by atoms with Crippen molar-refractivity contribution >= 4 is 34.4 Å². The molecule has 0 amide bonds. The Labute approximate surface area is 200 Å². The van der Waals surface area contributed by atoms with E-state index in [0.717, 1.165) is 23.2 Å². The number of nitrogens with zero attached hydrogens (tertiary/aromatic N) is 4. The maximum Gasteiger partial charge on any atom is 0.337 e. The Morgan fingerprint density at radius 3 is 2.35 bits per heavy atom. The second kappa shape index (κ2) is 9.15. The molecule has 0 aliphatic heterocycles. The van der Waals surface area contributed by atoms with Crippen molar-refractivity contribution in [2.45, 2.75) is 24.3 Å². The molecule has 0 N–H and O–H groups in total. The van der Waals surface area contributed by atoms with Crippen molar-refractivity contribution in [3.05, 3.63) is 99.8 Å². The molecule has 0 aliphatic rings. The number of thioether (sulfide) groups is 1. The van der Waals surface area contributed by atoms with E-state index in [2.05, 4.69) is 17.1 Å². The molecule has 0 bridgehead atoms. The molecular formula is C26H22N4O3S. The van der Waals surface area contributed by atoms with Crippen LogP contribution in [0.1, 0.15) is 28.4 Å². The fraction of sp³-hybridized carbons (Fsp3) is 0.154. The Morgan fingerprint density at radius 1 is 0.941 bits per heavy atom. The highest BCUT2D eigenvalue weighted by atomic mass is 32.2. The van der Waals surface area contributed by atoms with Gasteiger partial charge in [0.25, 0.3) is 5.56 Å². The molecule has 170 valence electrons. The summed E-state index contributed by atoms with van der Waals surface area (Å²) in [5.41, 5.74) is 4.12. The minimum absolute atomic E-state index is 0.130. The van der Waals surface area contributed by atoms with Gasteiger partial charge in [0.1, 0.15) is 0 Å². The van der Waals surface area contributed by atoms with Crippen LogP contribution >= 0.6 is 11.8 Å². The van der Waals surface area contributed by atoms with Crippen molar-refractivity contribution in [3.63, 3.8) is 0 Å². The van der Waals surface area contributed by atoms with Gasteiger partial charge in [0.15, 0.2) is 5.16 Å². The van der Waals surface area contributed by atoms with E-state index in [9.17, 15) is 9.59 Å². The van der Waals surface area contributed by atoms with E-state index in [1.54, 1.807) is 16.7 Å². The number of benzene rings is 3. The third-order valence-corrected chi connectivity index (χ3v) is 6.74. The zero-order valence-corrected chi connectivity index (χ0v) is 19.6. The summed E-state index contributed by atoms with van der Waals surface area (Å²) in [4.78, 5) is 25.1. The van der Waals surface area contributed by atoms with Gasteiger partial charge in [0.2, 0.25) is 5.78 Å². The Kier molecular flexibility index (Phi) is 5.90. The molecule has 5 aromatic rings. The molecule has 5 rings (SSSR count). The van der Waals surface area contributed by atoms with Crippen LogP contribution in [0.25, 0.3) is 22.4 Å². The molecule has 34 heavy (non-hydrogen) atoms. The smallest absolute Gasteiger partial charge is 0.337 e. The summed E-state index contributed by atoms with van der Waals surface area (Å²) in [5, 5.41) is 10.1. The Hall–Kier alpha value is -3.91. The van der Waals surface area contributed by atoms with E-state index < -0.39 is 0 Å². The number of hydrogen-bond acceptors (Lipinski definition) is 6. The van der Waals surface area contributed by atoms with Gasteiger partial charge in [-0.15, -0.1) is 10.2 Å². The molecule has 0 atom stereocenters. The van der Waals surface area contributed by atoms with Gasteiger partial charge in [-0.2, -0.15) is 0 Å². The number of hydrogen-bond donors (Lipinski definition) is 0. The van der Waals surface area contributed by atoms with Crippen LogP contribution in [0, 0.1) is 0 Å². The Morgan fingerprint density at radius 2 is 1.65 bits per heavy atom. The number of para-hydroxylation sites is 1. The topological polar surface area (TPSA) is 78.5 Å². The molecule has 0 aliphatic carbocycles. The summed E-state index contributed by atoms with van der Waals surface area (Å²) in [5.74, 6) is 0.733. The maximum absolute atomic E-state index is 13.4. The van der Waals surface area contributed by atoms with Crippen molar-refractivity contribution in [1.29, 1.82) is 0 Å². The minimum Gasteiger partial charge on any atom is -0.465 e. The van der Waals surface area contributed by atoms with Gasteiger partial charge in [0.05, 0.1) is 29.3 Å². The second-order valence-electron chi connectivity index (χ2n) is 7.77. The van der Waals surface area contributed by atoms with Crippen molar-refractivity contribution in [1.82, 2.24) is 19.2 Å². The van der Waals surface area contributed by atoms with Gasteiger partial charge in [-0.3, -0.25) is 9.20 Å². The van der Waals surface area contributed by atoms with Crippen LogP contribution in [0.3, 0.4) is 0 Å². The van der Waals surface area contributed by atoms with Gasteiger partial charge in [-0.1, -0.05) is 55.1 Å². The molecular weight excluding hydrogens is 448 g/mol. The monoisotopic (exact) mass is 470 g/mol. The molecule has 0 spiro atoms. The van der Waals surface area contributed by atoms with Crippen LogP contribution in [-0.4, -0.2) is 32.2 Å². The van der Waals surface area contributed by atoms with Crippen LogP contribution in [0.5, 0.6) is 0 Å². The average molecular weight is 471 g/mol. The first-order valence-electron chi connectivity index (χ1n) is 10.9. The largest absolute Gasteiger partial charge is 0.465 e. The number of carbonyl (C=O) groups excluding carboxylic acids is 1. The number of fused-ring (bicyclic) bond motifs is 3. The van der Waals surface area contributed by atoms with Gasteiger partial charge in [0, 0.05) is 5.75 Å². The highest BCUT2D eigenvalue weighted by molar-refractivity contribution is 7.98. The van der Waals surface area contributed by atoms with E-state index in [0.29, 0.717) is 27.6 Å². The summed E-state index contributed by atoms with van der Waals surface area (Å²) < 4.78 is 8.30. The van der Waals surface area contributed by atoms with Crippen molar-refractivity contribution in [2.75, 3.05) is 7.11 Å². The third kappa shape index (κ3) is 3.86. The second-order valence-corrected chi connectivity index (χ2v) is 8.72. The van der Waals surface area contributed by atoms with Gasteiger partial charge >= 0.3 is 5.97 Å². The summed E-state index contributed by atoms with van der Waals surface area (Å²) in [7, 11) is 1.37. The van der Waals surface area contributed by atoms with Crippen molar-refractivity contribution in [2.24, 2.45) is 0 Å². The molecule has 0 fully saturated rings. The minimum atomic E-state index is -0.362. The lowest BCUT2D eigenvalue weighted by Crippen LogP contribution is -2.21. The molecule has 2 aromatic heterocycles. The van der Waals surface area contributed by atoms with Gasteiger partial charge < -0.3 is 4.74 Å². The maximum atomic E-state index is 13.4. The summed E-state index contributed by atoms with van der Waals surface area (Å²) in [6, 6.07) is 22.7. The lowest BCUT2D eigenvalue weighted by atomic mass is 10.1. The zero-order chi connectivity index (χ0) is 23.7. The molecule has 0 radical (unpaired) electrons. The lowest BCUT2D eigenvalue weighted by molar-refractivity contribution is 0.0600. The predicted molar refractivity (Wildman–Crippen MR) is 133 cm³/mol. The van der Waals surface area contributed by atoms with E-state index >= 15 is 0 Å². The van der Waals surface area contributed by atoms with Crippen molar-refractivity contribution < 1.29 is 9.53 Å². The fourth-order valence-corrected chi connectivity index (χ4v) is 4.78. The van der Waals surface area contributed by atoms with Crippen molar-refractivity contribution in [3.8, 4) is 5.69 Å². The molecule has 0 unspecified atom stereocenters. The van der Waals surface area contributed by atoms with Crippen LogP contribution in [0.15, 0.2) is 82.7 Å². The highest BCUT2D eigenvalue weighted by Gasteiger charge is 2.18. The highest BCUT2D eigenvalue weighted by Crippen LogP contribution is 2.26. The molecule has 0 saturated carbocycles. The van der Waals surface area contributed by atoms with Crippen LogP contribution < -0.4 is 5.56 Å². The van der Waals surface area contributed by atoms with E-state index in [-0.39, 0.29) is 11.5 Å². The third-order valence-electron chi connectivity index (χ3n) is 5.74. The van der Waals surface area contributed by atoms with Gasteiger partial charge in [-0.25, -0.2) is 9.36 Å². The number of aromatic nitrogens is 4. The van der Waals surface area contributed by atoms with Crippen LogP contribution in [0.2, 0.25) is 0 Å². The number of aryl methyl sites for hydroxylation is 1. The quantitative estimate of drug-likeness (QED) is 0.265. The zero-order valence-electron chi connectivity index (χ0n) is 18.8. The molecule has 3 aromatic carbocycles. The number of esters is 1. The lowest BCUT2D eigenvalue weighted by Gasteiger charge is -2.12. The number of rotatable bonds is 6. The normalized spacial score (nSPS) is 11.2. The molecule has 2 heterocycles.